The largest absolute Gasteiger partial charge is 0.383 e. The van der Waals surface area contributed by atoms with Gasteiger partial charge < -0.3 is 15.2 Å². The van der Waals surface area contributed by atoms with Crippen LogP contribution in [0.2, 0.25) is 0 Å². The number of piperidine rings is 1. The van der Waals surface area contributed by atoms with Gasteiger partial charge in [0.1, 0.15) is 5.60 Å². The van der Waals surface area contributed by atoms with Crippen LogP contribution in [0.25, 0.3) is 0 Å². The summed E-state index contributed by atoms with van der Waals surface area (Å²) in [5, 5.41) is 13.2. The Morgan fingerprint density at radius 3 is 2.64 bits per heavy atom. The molecule has 1 unspecified atom stereocenters. The van der Waals surface area contributed by atoms with Crippen molar-refractivity contribution in [2.75, 3.05) is 19.8 Å². The van der Waals surface area contributed by atoms with Crippen molar-refractivity contribution in [3.8, 4) is 0 Å². The molecule has 64 valence electrons. The summed E-state index contributed by atoms with van der Waals surface area (Å²) >= 11 is 0. The third kappa shape index (κ3) is 1.28. The Labute approximate surface area is 66.7 Å². The summed E-state index contributed by atoms with van der Waals surface area (Å²) in [7, 11) is 0. The van der Waals surface area contributed by atoms with Crippen molar-refractivity contribution in [2.45, 2.75) is 30.9 Å². The van der Waals surface area contributed by atoms with Gasteiger partial charge in [0, 0.05) is 6.04 Å². The second kappa shape index (κ2) is 2.73. The van der Waals surface area contributed by atoms with Gasteiger partial charge in [-0.15, -0.1) is 0 Å². The van der Waals surface area contributed by atoms with Gasteiger partial charge in [-0.3, -0.25) is 0 Å². The zero-order valence-electron chi connectivity index (χ0n) is 6.68. The molecule has 0 aliphatic carbocycles. The number of rotatable bonds is 1. The van der Waals surface area contributed by atoms with E-state index in [1.54, 1.807) is 0 Å². The van der Waals surface area contributed by atoms with Gasteiger partial charge in [-0.1, -0.05) is 6.42 Å². The highest BCUT2D eigenvalue weighted by Crippen LogP contribution is 2.26. The number of aliphatic hydroxyl groups is 1. The van der Waals surface area contributed by atoms with Crippen molar-refractivity contribution in [3.05, 3.63) is 0 Å². The molecule has 2 rings (SSSR count). The van der Waals surface area contributed by atoms with E-state index in [0.717, 1.165) is 13.0 Å². The molecule has 2 fully saturated rings. The molecule has 0 aromatic rings. The highest BCUT2D eigenvalue weighted by molar-refractivity contribution is 4.97. The molecular weight excluding hydrogens is 142 g/mol. The molecule has 0 spiro atoms. The second-order valence-electron chi connectivity index (χ2n) is 3.60. The maximum atomic E-state index is 9.85. The first-order valence-corrected chi connectivity index (χ1v) is 4.35. The Hall–Kier alpha value is -0.120. The lowest BCUT2D eigenvalue weighted by Gasteiger charge is -2.44. The third-order valence-electron chi connectivity index (χ3n) is 2.66. The Balaban J connectivity index is 1.91. The van der Waals surface area contributed by atoms with Crippen molar-refractivity contribution in [2.24, 2.45) is 0 Å². The molecule has 2 N–H and O–H groups in total. The minimum Gasteiger partial charge on any atom is -0.383 e. The molecule has 0 radical (unpaired) electrons. The average molecular weight is 157 g/mol. The Morgan fingerprint density at radius 2 is 2.18 bits per heavy atom. The van der Waals surface area contributed by atoms with Crippen LogP contribution < -0.4 is 5.32 Å². The van der Waals surface area contributed by atoms with E-state index in [9.17, 15) is 5.11 Å². The minimum atomic E-state index is -0.541. The van der Waals surface area contributed by atoms with Crippen LogP contribution in [0.4, 0.5) is 0 Å². The number of ether oxygens (including phenoxy) is 1. The van der Waals surface area contributed by atoms with E-state index < -0.39 is 5.60 Å². The molecule has 3 nitrogen and oxygen atoms in total. The van der Waals surface area contributed by atoms with Crippen molar-refractivity contribution in [1.29, 1.82) is 0 Å². The zero-order valence-corrected chi connectivity index (χ0v) is 6.68. The van der Waals surface area contributed by atoms with Gasteiger partial charge in [0.05, 0.1) is 13.2 Å². The standard InChI is InChI=1S/C8H15NO2/c10-8(5-11-6-8)7-3-1-2-4-9-7/h7,9-10H,1-6H2. The Kier molecular flexibility index (Phi) is 1.87. The fraction of sp³-hybridized carbons (Fsp3) is 1.00. The molecule has 0 saturated carbocycles. The molecule has 0 aromatic heterocycles. The van der Waals surface area contributed by atoms with E-state index in [-0.39, 0.29) is 6.04 Å². The van der Waals surface area contributed by atoms with E-state index in [2.05, 4.69) is 5.32 Å². The SMILES string of the molecule is OC1(C2CCCCN2)COC1. The summed E-state index contributed by atoms with van der Waals surface area (Å²) in [4.78, 5) is 0. The summed E-state index contributed by atoms with van der Waals surface area (Å²) in [6.45, 7) is 2.09. The predicted octanol–water partition coefficient (Wildman–Crippen LogP) is -0.110. The third-order valence-corrected chi connectivity index (χ3v) is 2.66. The monoisotopic (exact) mass is 157 g/mol. The predicted molar refractivity (Wildman–Crippen MR) is 41.4 cm³/mol. The summed E-state index contributed by atoms with van der Waals surface area (Å²) in [5.74, 6) is 0. The fourth-order valence-electron chi connectivity index (χ4n) is 1.82. The highest BCUT2D eigenvalue weighted by Gasteiger charge is 2.43. The van der Waals surface area contributed by atoms with Gasteiger partial charge in [-0.05, 0) is 19.4 Å². The number of hydrogen-bond donors (Lipinski definition) is 2. The molecule has 2 heterocycles. The molecule has 3 heteroatoms. The zero-order chi connectivity index (χ0) is 7.73. The topological polar surface area (TPSA) is 41.5 Å². The van der Waals surface area contributed by atoms with Gasteiger partial charge in [0.25, 0.3) is 0 Å². The number of nitrogens with one attached hydrogen (secondary N) is 1. The van der Waals surface area contributed by atoms with Crippen molar-refractivity contribution < 1.29 is 9.84 Å². The van der Waals surface area contributed by atoms with Gasteiger partial charge in [-0.25, -0.2) is 0 Å². The summed E-state index contributed by atoms with van der Waals surface area (Å²) in [6, 6.07) is 0.282. The first-order chi connectivity index (χ1) is 5.31. The smallest absolute Gasteiger partial charge is 0.126 e. The van der Waals surface area contributed by atoms with Crippen LogP contribution in [-0.2, 0) is 4.74 Å². The maximum absolute atomic E-state index is 9.85. The molecule has 1 atom stereocenters. The first-order valence-electron chi connectivity index (χ1n) is 4.35. The van der Waals surface area contributed by atoms with Crippen LogP contribution in [0.15, 0.2) is 0 Å². The van der Waals surface area contributed by atoms with E-state index in [1.165, 1.54) is 12.8 Å². The molecular formula is C8H15NO2. The highest BCUT2D eigenvalue weighted by atomic mass is 16.5. The average Bonchev–Trinajstić information content (AvgIpc) is 2.02. The Morgan fingerprint density at radius 1 is 1.36 bits per heavy atom. The molecule has 0 amide bonds. The lowest BCUT2D eigenvalue weighted by molar-refractivity contribution is -0.197. The lowest BCUT2D eigenvalue weighted by Crippen LogP contribution is -2.63. The van der Waals surface area contributed by atoms with E-state index in [4.69, 9.17) is 4.74 Å². The summed E-state index contributed by atoms with van der Waals surface area (Å²) < 4.78 is 5.00. The molecule has 2 aliphatic rings. The fourth-order valence-corrected chi connectivity index (χ4v) is 1.82. The minimum absolute atomic E-state index is 0.282. The van der Waals surface area contributed by atoms with Crippen LogP contribution in [-0.4, -0.2) is 36.5 Å². The maximum Gasteiger partial charge on any atom is 0.126 e. The van der Waals surface area contributed by atoms with Crippen LogP contribution in [0.1, 0.15) is 19.3 Å². The van der Waals surface area contributed by atoms with Crippen LogP contribution in [0.5, 0.6) is 0 Å². The molecule has 2 aliphatic heterocycles. The normalized spacial score (nSPS) is 36.3. The van der Waals surface area contributed by atoms with Crippen molar-refractivity contribution >= 4 is 0 Å². The van der Waals surface area contributed by atoms with Gasteiger partial charge in [0.15, 0.2) is 0 Å². The van der Waals surface area contributed by atoms with Gasteiger partial charge >= 0.3 is 0 Å². The van der Waals surface area contributed by atoms with Crippen molar-refractivity contribution in [3.63, 3.8) is 0 Å². The summed E-state index contributed by atoms with van der Waals surface area (Å²) in [5.41, 5.74) is -0.541. The van der Waals surface area contributed by atoms with E-state index in [1.807, 2.05) is 0 Å². The Bertz CT molecular complexity index is 139. The van der Waals surface area contributed by atoms with E-state index >= 15 is 0 Å². The quantitative estimate of drug-likeness (QED) is 0.558. The van der Waals surface area contributed by atoms with Crippen LogP contribution in [0.3, 0.4) is 0 Å². The molecule has 2 saturated heterocycles. The lowest BCUT2D eigenvalue weighted by atomic mass is 9.86. The molecule has 0 bridgehead atoms. The van der Waals surface area contributed by atoms with E-state index in [0.29, 0.717) is 13.2 Å². The molecule has 0 aromatic carbocycles. The molecule has 11 heavy (non-hydrogen) atoms. The van der Waals surface area contributed by atoms with Gasteiger partial charge in [-0.2, -0.15) is 0 Å². The van der Waals surface area contributed by atoms with Crippen LogP contribution >= 0.6 is 0 Å². The van der Waals surface area contributed by atoms with Gasteiger partial charge in [0.2, 0.25) is 0 Å². The number of hydrogen-bond acceptors (Lipinski definition) is 3. The second-order valence-corrected chi connectivity index (χ2v) is 3.60. The van der Waals surface area contributed by atoms with Crippen LogP contribution in [0, 0.1) is 0 Å². The summed E-state index contributed by atoms with van der Waals surface area (Å²) in [6.07, 6.45) is 3.58. The van der Waals surface area contributed by atoms with Crippen molar-refractivity contribution in [1.82, 2.24) is 5.32 Å². The first kappa shape index (κ1) is 7.53.